The fourth-order valence-electron chi connectivity index (χ4n) is 1.85. The summed E-state index contributed by atoms with van der Waals surface area (Å²) in [4.78, 5) is 0. The maximum Gasteiger partial charge on any atom is 0.00116 e. The Morgan fingerprint density at radius 1 is 1.35 bits per heavy atom. The Balaban J connectivity index is 2.86. The molecular formula is C16H25N. The van der Waals surface area contributed by atoms with E-state index < -0.39 is 0 Å². The van der Waals surface area contributed by atoms with Gasteiger partial charge in [-0.15, -0.1) is 0 Å². The smallest absolute Gasteiger partial charge is 0.00116 e. The lowest BCUT2D eigenvalue weighted by Gasteiger charge is -2.25. The summed E-state index contributed by atoms with van der Waals surface area (Å²) < 4.78 is 0. The van der Waals surface area contributed by atoms with Gasteiger partial charge in [0.15, 0.2) is 0 Å². The van der Waals surface area contributed by atoms with E-state index >= 15 is 0 Å². The van der Waals surface area contributed by atoms with Crippen molar-refractivity contribution in [3.05, 3.63) is 47.0 Å². The van der Waals surface area contributed by atoms with Crippen LogP contribution in [-0.4, -0.2) is 6.54 Å². The number of rotatable bonds is 5. The van der Waals surface area contributed by atoms with Gasteiger partial charge in [-0.3, -0.25) is 0 Å². The van der Waals surface area contributed by atoms with Gasteiger partial charge in [0.05, 0.1) is 0 Å². The molecule has 0 atom stereocenters. The molecule has 1 nitrogen and oxygen atoms in total. The van der Waals surface area contributed by atoms with Crippen molar-refractivity contribution in [3.8, 4) is 0 Å². The van der Waals surface area contributed by atoms with Crippen LogP contribution < -0.4 is 5.73 Å². The minimum atomic E-state index is 0.0251. The fraction of sp³-hybridized carbons (Fsp3) is 0.500. The zero-order valence-corrected chi connectivity index (χ0v) is 11.6. The Hall–Kier alpha value is -1.08. The molecule has 0 aliphatic carbocycles. The molecule has 0 amide bonds. The summed E-state index contributed by atoms with van der Waals surface area (Å²) >= 11 is 0. The summed E-state index contributed by atoms with van der Waals surface area (Å²) in [6.07, 6.45) is 2.02. The average Bonchev–Trinajstić information content (AvgIpc) is 2.31. The second-order valence-electron chi connectivity index (χ2n) is 5.48. The van der Waals surface area contributed by atoms with Crippen LogP contribution in [-0.2, 0) is 12.8 Å². The second kappa shape index (κ2) is 5.50. The van der Waals surface area contributed by atoms with E-state index in [1.54, 1.807) is 0 Å². The monoisotopic (exact) mass is 231 g/mol. The lowest BCUT2D eigenvalue weighted by atomic mass is 9.81. The fourth-order valence-corrected chi connectivity index (χ4v) is 1.85. The van der Waals surface area contributed by atoms with E-state index in [1.165, 1.54) is 22.3 Å². The summed E-state index contributed by atoms with van der Waals surface area (Å²) in [6, 6.07) is 6.70. The average molecular weight is 231 g/mol. The molecule has 94 valence electrons. The SMILES string of the molecule is C=C(Cc1ccc(C)c(CC)c1)C(C)(C)CN. The normalized spacial score (nSPS) is 11.6. The molecule has 1 aromatic rings. The maximum absolute atomic E-state index is 5.78. The highest BCUT2D eigenvalue weighted by Crippen LogP contribution is 2.27. The largest absolute Gasteiger partial charge is 0.330 e. The first-order chi connectivity index (χ1) is 7.90. The van der Waals surface area contributed by atoms with Crippen molar-refractivity contribution in [2.75, 3.05) is 6.54 Å². The van der Waals surface area contributed by atoms with Crippen LogP contribution in [0.3, 0.4) is 0 Å². The molecule has 0 fully saturated rings. The van der Waals surface area contributed by atoms with Gasteiger partial charge in [0.1, 0.15) is 0 Å². The summed E-state index contributed by atoms with van der Waals surface area (Å²) in [5.74, 6) is 0. The van der Waals surface area contributed by atoms with Gasteiger partial charge in [0, 0.05) is 6.54 Å². The maximum atomic E-state index is 5.78. The number of benzene rings is 1. The third-order valence-corrected chi connectivity index (χ3v) is 3.68. The van der Waals surface area contributed by atoms with E-state index in [-0.39, 0.29) is 5.41 Å². The minimum Gasteiger partial charge on any atom is -0.330 e. The second-order valence-corrected chi connectivity index (χ2v) is 5.48. The van der Waals surface area contributed by atoms with Gasteiger partial charge >= 0.3 is 0 Å². The molecule has 0 saturated heterocycles. The lowest BCUT2D eigenvalue weighted by molar-refractivity contribution is 0.452. The van der Waals surface area contributed by atoms with Crippen LogP contribution in [0.5, 0.6) is 0 Å². The van der Waals surface area contributed by atoms with Gasteiger partial charge in [0.2, 0.25) is 0 Å². The third-order valence-electron chi connectivity index (χ3n) is 3.68. The topological polar surface area (TPSA) is 26.0 Å². The van der Waals surface area contributed by atoms with E-state index in [4.69, 9.17) is 5.73 Å². The highest BCUT2D eigenvalue weighted by Gasteiger charge is 2.19. The standard InChI is InChI=1S/C16H25N/c1-6-15-10-14(8-7-12(15)2)9-13(3)16(4,5)11-17/h7-8,10H,3,6,9,11,17H2,1-2,4-5H3. The Morgan fingerprint density at radius 2 is 2.00 bits per heavy atom. The number of nitrogens with two attached hydrogens (primary N) is 1. The van der Waals surface area contributed by atoms with Crippen LogP contribution in [0.1, 0.15) is 37.5 Å². The third kappa shape index (κ3) is 3.44. The highest BCUT2D eigenvalue weighted by atomic mass is 14.6. The van der Waals surface area contributed by atoms with Gasteiger partial charge in [0.25, 0.3) is 0 Å². The van der Waals surface area contributed by atoms with Crippen LogP contribution >= 0.6 is 0 Å². The number of hydrogen-bond donors (Lipinski definition) is 1. The molecule has 0 aromatic heterocycles. The Bertz CT molecular complexity index is 402. The van der Waals surface area contributed by atoms with Crippen molar-refractivity contribution in [2.24, 2.45) is 11.1 Å². The van der Waals surface area contributed by atoms with Crippen LogP contribution in [0.15, 0.2) is 30.4 Å². The number of hydrogen-bond acceptors (Lipinski definition) is 1. The van der Waals surface area contributed by atoms with E-state index in [2.05, 4.69) is 52.5 Å². The van der Waals surface area contributed by atoms with Crippen LogP contribution in [0.25, 0.3) is 0 Å². The summed E-state index contributed by atoms with van der Waals surface area (Å²) in [7, 11) is 0. The first-order valence-electron chi connectivity index (χ1n) is 6.37. The van der Waals surface area contributed by atoms with E-state index in [9.17, 15) is 0 Å². The van der Waals surface area contributed by atoms with Crippen LogP contribution in [0, 0.1) is 12.3 Å². The van der Waals surface area contributed by atoms with Gasteiger partial charge in [-0.2, -0.15) is 0 Å². The molecule has 1 heteroatoms. The van der Waals surface area contributed by atoms with Crippen molar-refractivity contribution in [1.29, 1.82) is 0 Å². The molecule has 0 unspecified atom stereocenters. The molecular weight excluding hydrogens is 206 g/mol. The van der Waals surface area contributed by atoms with Crippen molar-refractivity contribution in [3.63, 3.8) is 0 Å². The highest BCUT2D eigenvalue weighted by molar-refractivity contribution is 5.33. The van der Waals surface area contributed by atoms with E-state index in [0.29, 0.717) is 6.54 Å². The molecule has 0 aliphatic heterocycles. The zero-order chi connectivity index (χ0) is 13.1. The summed E-state index contributed by atoms with van der Waals surface area (Å²) in [6.45, 7) is 13.5. The molecule has 0 radical (unpaired) electrons. The quantitative estimate of drug-likeness (QED) is 0.769. The Morgan fingerprint density at radius 3 is 2.53 bits per heavy atom. The first-order valence-corrected chi connectivity index (χ1v) is 6.37. The predicted molar refractivity (Wildman–Crippen MR) is 76.2 cm³/mol. The Kier molecular flexibility index (Phi) is 4.53. The lowest BCUT2D eigenvalue weighted by Crippen LogP contribution is -2.26. The number of aryl methyl sites for hydroxylation is 2. The summed E-state index contributed by atoms with van der Waals surface area (Å²) in [5, 5.41) is 0. The minimum absolute atomic E-state index is 0.0251. The molecule has 1 aromatic carbocycles. The molecule has 0 bridgehead atoms. The molecule has 0 aliphatic rings. The molecule has 0 saturated carbocycles. The predicted octanol–water partition coefficient (Wildman–Crippen LogP) is 3.64. The van der Waals surface area contributed by atoms with Crippen molar-refractivity contribution in [2.45, 2.75) is 40.5 Å². The van der Waals surface area contributed by atoms with E-state index in [0.717, 1.165) is 12.8 Å². The summed E-state index contributed by atoms with van der Waals surface area (Å²) in [5.41, 5.74) is 11.2. The van der Waals surface area contributed by atoms with Crippen LogP contribution in [0.4, 0.5) is 0 Å². The Labute approximate surface area is 106 Å². The molecule has 0 heterocycles. The van der Waals surface area contributed by atoms with Gasteiger partial charge in [-0.1, -0.05) is 51.1 Å². The van der Waals surface area contributed by atoms with Crippen LogP contribution in [0.2, 0.25) is 0 Å². The molecule has 1 rings (SSSR count). The van der Waals surface area contributed by atoms with E-state index in [1.807, 2.05) is 0 Å². The van der Waals surface area contributed by atoms with Gasteiger partial charge in [-0.05, 0) is 41.9 Å². The van der Waals surface area contributed by atoms with Gasteiger partial charge in [-0.25, -0.2) is 0 Å². The van der Waals surface area contributed by atoms with Gasteiger partial charge < -0.3 is 5.73 Å². The molecule has 17 heavy (non-hydrogen) atoms. The first kappa shape index (κ1) is 14.0. The molecule has 0 spiro atoms. The van der Waals surface area contributed by atoms with Crippen molar-refractivity contribution in [1.82, 2.24) is 0 Å². The zero-order valence-electron chi connectivity index (χ0n) is 11.6. The van der Waals surface area contributed by atoms with Crippen molar-refractivity contribution >= 4 is 0 Å². The molecule has 2 N–H and O–H groups in total. The van der Waals surface area contributed by atoms with Crippen molar-refractivity contribution < 1.29 is 0 Å².